The van der Waals surface area contributed by atoms with E-state index in [0.717, 1.165) is 31.4 Å². The summed E-state index contributed by atoms with van der Waals surface area (Å²) in [4.78, 5) is 25.2. The Morgan fingerprint density at radius 1 is 1.11 bits per heavy atom. The van der Waals surface area contributed by atoms with E-state index in [0.29, 0.717) is 17.0 Å². The maximum Gasteiger partial charge on any atom is 0.342 e. The van der Waals surface area contributed by atoms with Crippen LogP contribution in [0.5, 0.6) is 0 Å². The van der Waals surface area contributed by atoms with Crippen LogP contribution in [0.25, 0.3) is 5.69 Å². The van der Waals surface area contributed by atoms with E-state index in [9.17, 15) is 9.59 Å². The van der Waals surface area contributed by atoms with Gasteiger partial charge in [-0.2, -0.15) is 5.10 Å². The highest BCUT2D eigenvalue weighted by Crippen LogP contribution is 2.20. The molecular formula is C22H29N3O3. The summed E-state index contributed by atoms with van der Waals surface area (Å²) in [5, 5.41) is 7.51. The Bertz CT molecular complexity index is 821. The number of para-hydroxylation sites is 1. The molecule has 0 radical (unpaired) electrons. The molecule has 1 fully saturated rings. The largest absolute Gasteiger partial charge is 0.449 e. The van der Waals surface area contributed by atoms with E-state index in [1.807, 2.05) is 37.3 Å². The van der Waals surface area contributed by atoms with Crippen molar-refractivity contribution in [2.75, 3.05) is 0 Å². The van der Waals surface area contributed by atoms with Gasteiger partial charge in [0.2, 0.25) is 0 Å². The van der Waals surface area contributed by atoms with Crippen molar-refractivity contribution in [3.63, 3.8) is 0 Å². The lowest BCUT2D eigenvalue weighted by atomic mass is 10.1. The SMILES string of the molecule is Cc1nn(-c2ccccc2)c(C)c1C(=O)O[C@@H](C)C(=O)NC1CCCCCC1. The highest BCUT2D eigenvalue weighted by molar-refractivity contribution is 5.94. The molecule has 150 valence electrons. The lowest BCUT2D eigenvalue weighted by molar-refractivity contribution is -0.129. The van der Waals surface area contributed by atoms with Crippen LogP contribution >= 0.6 is 0 Å². The molecule has 1 aromatic heterocycles. The molecule has 28 heavy (non-hydrogen) atoms. The van der Waals surface area contributed by atoms with Gasteiger partial charge in [-0.15, -0.1) is 0 Å². The van der Waals surface area contributed by atoms with Crippen LogP contribution in [0.15, 0.2) is 30.3 Å². The van der Waals surface area contributed by atoms with Gasteiger partial charge in [0, 0.05) is 6.04 Å². The number of esters is 1. The van der Waals surface area contributed by atoms with Crippen molar-refractivity contribution in [3.05, 3.63) is 47.3 Å². The molecule has 0 bridgehead atoms. The third-order valence-corrected chi connectivity index (χ3v) is 5.35. The highest BCUT2D eigenvalue weighted by atomic mass is 16.5. The summed E-state index contributed by atoms with van der Waals surface area (Å²) in [5.41, 5.74) is 2.58. The Kier molecular flexibility index (Phi) is 6.49. The summed E-state index contributed by atoms with van der Waals surface area (Å²) in [6.07, 6.45) is 5.87. The number of hydrogen-bond acceptors (Lipinski definition) is 4. The lowest BCUT2D eigenvalue weighted by Crippen LogP contribution is -2.41. The molecule has 1 atom stereocenters. The van der Waals surface area contributed by atoms with Crippen molar-refractivity contribution in [3.8, 4) is 5.69 Å². The molecule has 2 aromatic rings. The topological polar surface area (TPSA) is 73.2 Å². The third kappa shape index (κ3) is 4.61. The molecule has 6 heteroatoms. The van der Waals surface area contributed by atoms with Gasteiger partial charge in [0.15, 0.2) is 6.10 Å². The van der Waals surface area contributed by atoms with Gasteiger partial charge < -0.3 is 10.1 Å². The molecule has 0 saturated heterocycles. The molecule has 1 aliphatic rings. The van der Waals surface area contributed by atoms with E-state index >= 15 is 0 Å². The Labute approximate surface area is 166 Å². The van der Waals surface area contributed by atoms with Crippen molar-refractivity contribution in [1.82, 2.24) is 15.1 Å². The summed E-state index contributed by atoms with van der Waals surface area (Å²) in [5.74, 6) is -0.744. The van der Waals surface area contributed by atoms with Crippen LogP contribution in [0.3, 0.4) is 0 Å². The van der Waals surface area contributed by atoms with Gasteiger partial charge >= 0.3 is 5.97 Å². The fraction of sp³-hybridized carbons (Fsp3) is 0.500. The number of amides is 1. The van der Waals surface area contributed by atoms with Crippen molar-refractivity contribution < 1.29 is 14.3 Å². The number of carbonyl (C=O) groups excluding carboxylic acids is 2. The maximum absolute atomic E-state index is 12.7. The number of carbonyl (C=O) groups is 2. The normalized spacial score (nSPS) is 16.2. The van der Waals surface area contributed by atoms with Gasteiger partial charge in [0.1, 0.15) is 5.56 Å². The first kappa shape index (κ1) is 20.1. The minimum Gasteiger partial charge on any atom is -0.449 e. The summed E-state index contributed by atoms with van der Waals surface area (Å²) < 4.78 is 7.20. The summed E-state index contributed by atoms with van der Waals surface area (Å²) in [6, 6.07) is 9.81. The fourth-order valence-corrected chi connectivity index (χ4v) is 3.77. The maximum atomic E-state index is 12.7. The van der Waals surface area contributed by atoms with Crippen LogP contribution in [0.2, 0.25) is 0 Å². The Balaban J connectivity index is 1.67. The molecule has 1 aromatic carbocycles. The van der Waals surface area contributed by atoms with Gasteiger partial charge in [-0.3, -0.25) is 4.79 Å². The first-order chi connectivity index (χ1) is 13.5. The second-order valence-electron chi connectivity index (χ2n) is 7.54. The second kappa shape index (κ2) is 9.04. The van der Waals surface area contributed by atoms with Crippen molar-refractivity contribution in [1.29, 1.82) is 0 Å². The lowest BCUT2D eigenvalue weighted by Gasteiger charge is -2.19. The third-order valence-electron chi connectivity index (χ3n) is 5.35. The minimum absolute atomic E-state index is 0.181. The van der Waals surface area contributed by atoms with Crippen molar-refractivity contribution >= 4 is 11.9 Å². The first-order valence-corrected chi connectivity index (χ1v) is 10.1. The summed E-state index contributed by atoms with van der Waals surface area (Å²) >= 11 is 0. The number of nitrogens with one attached hydrogen (secondary N) is 1. The standard InChI is InChI=1S/C22H29N3O3/c1-15-20(16(2)25(24-15)19-13-9-6-10-14-19)22(27)28-17(3)21(26)23-18-11-7-4-5-8-12-18/h6,9-10,13-14,17-18H,4-5,7-8,11-12H2,1-3H3,(H,23,26)/t17-/m0/s1. The van der Waals surface area contributed by atoms with Crippen LogP contribution < -0.4 is 5.32 Å². The van der Waals surface area contributed by atoms with Gasteiger partial charge in [-0.1, -0.05) is 43.9 Å². The smallest absolute Gasteiger partial charge is 0.342 e. The molecule has 0 unspecified atom stereocenters. The quantitative estimate of drug-likeness (QED) is 0.628. The van der Waals surface area contributed by atoms with Gasteiger partial charge in [-0.25, -0.2) is 9.48 Å². The van der Waals surface area contributed by atoms with E-state index < -0.39 is 12.1 Å². The van der Waals surface area contributed by atoms with E-state index in [-0.39, 0.29) is 11.9 Å². The first-order valence-electron chi connectivity index (χ1n) is 10.1. The number of rotatable bonds is 5. The molecule has 6 nitrogen and oxygen atoms in total. The molecule has 1 amide bonds. The number of hydrogen-bond donors (Lipinski definition) is 1. The van der Waals surface area contributed by atoms with Crippen LogP contribution in [0.4, 0.5) is 0 Å². The zero-order valence-electron chi connectivity index (χ0n) is 16.9. The average Bonchev–Trinajstić information content (AvgIpc) is 2.84. The molecule has 1 aliphatic carbocycles. The molecular weight excluding hydrogens is 354 g/mol. The van der Waals surface area contributed by atoms with Crippen LogP contribution in [0, 0.1) is 13.8 Å². The fourth-order valence-electron chi connectivity index (χ4n) is 3.77. The number of aryl methyl sites for hydroxylation is 1. The van der Waals surface area contributed by atoms with Crippen LogP contribution in [-0.2, 0) is 9.53 Å². The molecule has 1 saturated carbocycles. The molecule has 1 N–H and O–H groups in total. The Morgan fingerprint density at radius 2 is 1.75 bits per heavy atom. The Hall–Kier alpha value is -2.63. The molecule has 3 rings (SSSR count). The monoisotopic (exact) mass is 383 g/mol. The predicted molar refractivity (Wildman–Crippen MR) is 108 cm³/mol. The van der Waals surface area contributed by atoms with Crippen LogP contribution in [0.1, 0.15) is 67.2 Å². The summed E-state index contributed by atoms with van der Waals surface area (Å²) in [6.45, 7) is 5.23. The van der Waals surface area contributed by atoms with E-state index in [4.69, 9.17) is 4.74 Å². The number of benzene rings is 1. The van der Waals surface area contributed by atoms with Crippen molar-refractivity contribution in [2.24, 2.45) is 0 Å². The Morgan fingerprint density at radius 3 is 2.39 bits per heavy atom. The number of aromatic nitrogens is 2. The summed E-state index contributed by atoms with van der Waals surface area (Å²) in [7, 11) is 0. The molecule has 0 aliphatic heterocycles. The van der Waals surface area contributed by atoms with Crippen molar-refractivity contribution in [2.45, 2.75) is 71.4 Å². The predicted octanol–water partition coefficient (Wildman–Crippen LogP) is 3.87. The average molecular weight is 383 g/mol. The van der Waals surface area contributed by atoms with Gasteiger partial charge in [-0.05, 0) is 45.7 Å². The minimum atomic E-state index is -0.838. The van der Waals surface area contributed by atoms with Gasteiger partial charge in [0.05, 0.1) is 17.1 Å². The van der Waals surface area contributed by atoms with Gasteiger partial charge in [0.25, 0.3) is 5.91 Å². The van der Waals surface area contributed by atoms with E-state index in [1.54, 1.807) is 18.5 Å². The highest BCUT2D eigenvalue weighted by Gasteiger charge is 2.26. The zero-order chi connectivity index (χ0) is 20.1. The van der Waals surface area contributed by atoms with E-state index in [2.05, 4.69) is 10.4 Å². The zero-order valence-corrected chi connectivity index (χ0v) is 16.9. The number of ether oxygens (including phenoxy) is 1. The molecule has 1 heterocycles. The van der Waals surface area contributed by atoms with Crippen LogP contribution in [-0.4, -0.2) is 33.8 Å². The number of nitrogens with zero attached hydrogens (tertiary/aromatic N) is 2. The molecule has 0 spiro atoms. The van der Waals surface area contributed by atoms with E-state index in [1.165, 1.54) is 12.8 Å². The second-order valence-corrected chi connectivity index (χ2v) is 7.54.